The highest BCUT2D eigenvalue weighted by Crippen LogP contribution is 2.24. The maximum atomic E-state index is 13.4. The van der Waals surface area contributed by atoms with Crippen LogP contribution in [0.25, 0.3) is 22.3 Å². The average Bonchev–Trinajstić information content (AvgIpc) is 3.19. The van der Waals surface area contributed by atoms with Crippen molar-refractivity contribution in [2.75, 3.05) is 0 Å². The molecule has 0 aliphatic rings. The molecule has 2 heterocycles. The Balaban J connectivity index is 1.52. The first-order chi connectivity index (χ1) is 16.4. The fourth-order valence-corrected chi connectivity index (χ4v) is 4.14. The second kappa shape index (κ2) is 8.79. The molecule has 5 rings (SSSR count). The van der Waals surface area contributed by atoms with Crippen molar-refractivity contribution in [2.45, 2.75) is 6.54 Å². The zero-order valence-corrected chi connectivity index (χ0v) is 20.2. The maximum Gasteiger partial charge on any atom is 0.332 e. The van der Waals surface area contributed by atoms with E-state index < -0.39 is 11.2 Å². The van der Waals surface area contributed by atoms with Gasteiger partial charge in [0.25, 0.3) is 5.56 Å². The largest absolute Gasteiger partial charge is 0.425 e. The summed E-state index contributed by atoms with van der Waals surface area (Å²) < 4.78 is 11.0. The molecule has 170 valence electrons. The number of hydrogen-bond acceptors (Lipinski definition) is 4. The molecular weight excluding hydrogens is 496 g/mol. The van der Waals surface area contributed by atoms with Crippen LogP contribution in [-0.4, -0.2) is 18.7 Å². The number of nitrogens with zero attached hydrogens (tertiary/aromatic N) is 4. The molecule has 0 atom stereocenters. The molecule has 0 bridgehead atoms. The van der Waals surface area contributed by atoms with Crippen molar-refractivity contribution in [1.29, 1.82) is 0 Å². The first kappa shape index (κ1) is 21.9. The lowest BCUT2D eigenvalue weighted by atomic mass is 10.0. The Labute approximate surface area is 203 Å². The molecule has 0 fully saturated rings. The number of aromatic nitrogens is 4. The molecule has 0 aliphatic heterocycles. The number of imidazole rings is 1. The van der Waals surface area contributed by atoms with E-state index in [1.807, 2.05) is 66.7 Å². The number of rotatable bonds is 5. The average molecular weight is 517 g/mol. The van der Waals surface area contributed by atoms with Gasteiger partial charge < -0.3 is 4.74 Å². The van der Waals surface area contributed by atoms with E-state index in [-0.39, 0.29) is 18.2 Å². The molecule has 2 aromatic heterocycles. The number of ether oxygens (including phenoxy) is 1. The van der Waals surface area contributed by atoms with Gasteiger partial charge in [-0.05, 0) is 41.0 Å². The van der Waals surface area contributed by atoms with Crippen molar-refractivity contribution in [3.05, 3.63) is 110 Å². The monoisotopic (exact) mass is 516 g/mol. The zero-order chi connectivity index (χ0) is 23.8. The molecule has 0 aliphatic carbocycles. The lowest BCUT2D eigenvalue weighted by Crippen LogP contribution is -2.39. The van der Waals surface area contributed by atoms with E-state index in [9.17, 15) is 9.59 Å². The number of hydrogen-bond donors (Lipinski definition) is 0. The van der Waals surface area contributed by atoms with Crippen LogP contribution in [0.4, 0.5) is 0 Å². The van der Waals surface area contributed by atoms with Crippen LogP contribution in [-0.2, 0) is 20.6 Å². The van der Waals surface area contributed by atoms with Crippen LogP contribution in [0.5, 0.6) is 11.8 Å². The number of fused-ring (bicyclic) bond motifs is 1. The minimum Gasteiger partial charge on any atom is -0.425 e. The Morgan fingerprint density at radius 1 is 0.824 bits per heavy atom. The summed E-state index contributed by atoms with van der Waals surface area (Å²) in [5.74, 6) is 0.574. The van der Waals surface area contributed by atoms with E-state index in [2.05, 4.69) is 20.9 Å². The van der Waals surface area contributed by atoms with Gasteiger partial charge >= 0.3 is 11.7 Å². The summed E-state index contributed by atoms with van der Waals surface area (Å²) in [6.07, 6.45) is 0. The van der Waals surface area contributed by atoms with Crippen molar-refractivity contribution >= 4 is 27.1 Å². The van der Waals surface area contributed by atoms with Gasteiger partial charge in [-0.3, -0.25) is 18.5 Å². The number of halogens is 1. The van der Waals surface area contributed by atoms with E-state index in [1.54, 1.807) is 30.8 Å². The van der Waals surface area contributed by atoms with Crippen LogP contribution in [0, 0.1) is 0 Å². The summed E-state index contributed by atoms with van der Waals surface area (Å²) in [6.45, 7) is 0.157. The highest BCUT2D eigenvalue weighted by Gasteiger charge is 2.20. The Hall–Kier alpha value is -3.91. The first-order valence-corrected chi connectivity index (χ1v) is 11.5. The molecule has 3 aromatic carbocycles. The van der Waals surface area contributed by atoms with Gasteiger partial charge in [-0.1, -0.05) is 70.5 Å². The van der Waals surface area contributed by atoms with Crippen LogP contribution >= 0.6 is 15.9 Å². The molecule has 8 heteroatoms. The van der Waals surface area contributed by atoms with Crippen molar-refractivity contribution in [1.82, 2.24) is 18.7 Å². The molecule has 0 saturated heterocycles. The second-order valence-electron chi connectivity index (χ2n) is 7.98. The van der Waals surface area contributed by atoms with E-state index in [0.29, 0.717) is 11.3 Å². The van der Waals surface area contributed by atoms with Gasteiger partial charge in [-0.2, -0.15) is 4.98 Å². The molecule has 0 amide bonds. The second-order valence-corrected chi connectivity index (χ2v) is 8.89. The van der Waals surface area contributed by atoms with Gasteiger partial charge in [0, 0.05) is 18.6 Å². The van der Waals surface area contributed by atoms with Gasteiger partial charge in [-0.15, -0.1) is 0 Å². The summed E-state index contributed by atoms with van der Waals surface area (Å²) in [4.78, 5) is 30.8. The fourth-order valence-electron chi connectivity index (χ4n) is 3.88. The Morgan fingerprint density at radius 3 is 2.15 bits per heavy atom. The Morgan fingerprint density at radius 2 is 1.47 bits per heavy atom. The highest BCUT2D eigenvalue weighted by molar-refractivity contribution is 9.10. The number of benzene rings is 3. The molecule has 7 nitrogen and oxygen atoms in total. The molecule has 0 radical (unpaired) electrons. The smallest absolute Gasteiger partial charge is 0.332 e. The quantitative estimate of drug-likeness (QED) is 0.339. The van der Waals surface area contributed by atoms with E-state index in [0.717, 1.165) is 21.2 Å². The third kappa shape index (κ3) is 3.97. The highest BCUT2D eigenvalue weighted by atomic mass is 79.9. The third-order valence-electron chi connectivity index (χ3n) is 5.74. The van der Waals surface area contributed by atoms with Crippen LogP contribution in [0.15, 0.2) is 92.9 Å². The van der Waals surface area contributed by atoms with E-state index in [4.69, 9.17) is 4.74 Å². The fraction of sp³-hybridized carbons (Fsp3) is 0.115. The van der Waals surface area contributed by atoms with Gasteiger partial charge in [0.15, 0.2) is 11.2 Å². The Kier molecular flexibility index (Phi) is 5.67. The molecule has 0 N–H and O–H groups in total. The van der Waals surface area contributed by atoms with Crippen LogP contribution in [0.2, 0.25) is 0 Å². The van der Waals surface area contributed by atoms with Crippen molar-refractivity contribution in [2.24, 2.45) is 14.1 Å². The van der Waals surface area contributed by atoms with E-state index in [1.165, 1.54) is 9.13 Å². The molecule has 0 unspecified atom stereocenters. The van der Waals surface area contributed by atoms with Crippen molar-refractivity contribution in [3.8, 4) is 22.9 Å². The van der Waals surface area contributed by atoms with Crippen LogP contribution in [0.3, 0.4) is 0 Å². The standard InChI is InChI=1S/C26H21BrN4O3/c1-29-22-23(28-25(29)34-21-14-12-20(27)13-15-21)30(2)26(33)31(24(22)32)16-17-8-10-19(11-9-17)18-6-4-3-5-7-18/h3-15H,16H2,1-2H3. The van der Waals surface area contributed by atoms with Gasteiger partial charge in [0.2, 0.25) is 0 Å². The molecule has 0 spiro atoms. The van der Waals surface area contributed by atoms with E-state index >= 15 is 0 Å². The lowest BCUT2D eigenvalue weighted by molar-refractivity contribution is 0.427. The summed E-state index contributed by atoms with van der Waals surface area (Å²) in [7, 11) is 3.31. The van der Waals surface area contributed by atoms with Crippen LogP contribution in [0.1, 0.15) is 5.56 Å². The normalized spacial score (nSPS) is 11.1. The zero-order valence-electron chi connectivity index (χ0n) is 18.6. The predicted molar refractivity (Wildman–Crippen MR) is 135 cm³/mol. The summed E-state index contributed by atoms with van der Waals surface area (Å²) in [6, 6.07) is 25.4. The SMILES string of the molecule is Cn1c(Oc2ccc(Br)cc2)nc2c1c(=O)n(Cc1ccc(-c3ccccc3)cc1)c(=O)n2C. The molecular formula is C26H21BrN4O3. The topological polar surface area (TPSA) is 71.1 Å². The number of aryl methyl sites for hydroxylation is 2. The maximum absolute atomic E-state index is 13.4. The van der Waals surface area contributed by atoms with Gasteiger partial charge in [-0.25, -0.2) is 4.79 Å². The summed E-state index contributed by atoms with van der Waals surface area (Å²) in [5, 5.41) is 0. The molecule has 5 aromatic rings. The third-order valence-corrected chi connectivity index (χ3v) is 6.27. The van der Waals surface area contributed by atoms with Crippen molar-refractivity contribution < 1.29 is 4.74 Å². The summed E-state index contributed by atoms with van der Waals surface area (Å²) >= 11 is 3.39. The van der Waals surface area contributed by atoms with Gasteiger partial charge in [0.1, 0.15) is 5.75 Å². The van der Waals surface area contributed by atoms with Gasteiger partial charge in [0.05, 0.1) is 6.54 Å². The lowest BCUT2D eigenvalue weighted by Gasteiger charge is -2.09. The molecule has 0 saturated carbocycles. The van der Waals surface area contributed by atoms with Crippen LogP contribution < -0.4 is 16.0 Å². The molecule has 34 heavy (non-hydrogen) atoms. The minimum atomic E-state index is -0.432. The minimum absolute atomic E-state index is 0.157. The predicted octanol–water partition coefficient (Wildman–Crippen LogP) is 4.70. The summed E-state index contributed by atoms with van der Waals surface area (Å²) in [5.41, 5.74) is 2.77. The Bertz CT molecular complexity index is 1600. The first-order valence-electron chi connectivity index (χ1n) is 10.7. The van der Waals surface area contributed by atoms with Crippen molar-refractivity contribution in [3.63, 3.8) is 0 Å².